The first-order valence-electron chi connectivity index (χ1n) is 5.89. The van der Waals surface area contributed by atoms with Crippen LogP contribution >= 0.6 is 0 Å². The smallest absolute Gasteiger partial charge is 0.154 e. The van der Waals surface area contributed by atoms with Crippen LogP contribution in [0.25, 0.3) is 0 Å². The van der Waals surface area contributed by atoms with Crippen molar-refractivity contribution in [1.29, 1.82) is 0 Å². The fourth-order valence-corrected chi connectivity index (χ4v) is 2.20. The minimum Gasteiger partial charge on any atom is -0.373 e. The van der Waals surface area contributed by atoms with E-state index in [1.165, 1.54) is 0 Å². The van der Waals surface area contributed by atoms with Gasteiger partial charge in [-0.15, -0.1) is 0 Å². The molecule has 0 fully saturated rings. The third-order valence-corrected chi connectivity index (χ3v) is 5.33. The lowest BCUT2D eigenvalue weighted by atomic mass is 9.97. The second kappa shape index (κ2) is 6.57. The Balaban J connectivity index is 4.25. The van der Waals surface area contributed by atoms with Crippen LogP contribution in [0.2, 0.25) is 0 Å². The lowest BCUT2D eigenvalue weighted by Crippen LogP contribution is -2.41. The highest BCUT2D eigenvalue weighted by molar-refractivity contribution is 7.91. The Hall–Kier alpha value is -0.130. The van der Waals surface area contributed by atoms with E-state index in [9.17, 15) is 8.42 Å². The van der Waals surface area contributed by atoms with Crippen molar-refractivity contribution in [1.82, 2.24) is 0 Å². The minimum absolute atomic E-state index is 0.0758. The SMILES string of the molecule is CCC(CC)(CN)OCCS(=O)(=O)C(C)C. The molecule has 16 heavy (non-hydrogen) atoms. The quantitative estimate of drug-likeness (QED) is 0.707. The summed E-state index contributed by atoms with van der Waals surface area (Å²) in [7, 11) is -3.01. The molecular formula is C11H25NO3S. The second-order valence-electron chi connectivity index (χ2n) is 4.36. The number of sulfone groups is 1. The molecule has 0 unspecified atom stereocenters. The lowest BCUT2D eigenvalue weighted by Gasteiger charge is -2.30. The standard InChI is InChI=1S/C11H25NO3S/c1-5-11(6-2,9-12)15-7-8-16(13,14)10(3)4/h10H,5-9,12H2,1-4H3. The van der Waals surface area contributed by atoms with Crippen LogP contribution in [0.3, 0.4) is 0 Å². The summed E-state index contributed by atoms with van der Waals surface area (Å²) in [5, 5.41) is -0.341. The van der Waals surface area contributed by atoms with Gasteiger partial charge in [-0.25, -0.2) is 8.42 Å². The molecule has 0 aliphatic carbocycles. The first-order valence-corrected chi connectivity index (χ1v) is 7.60. The summed E-state index contributed by atoms with van der Waals surface area (Å²) in [5.41, 5.74) is 5.31. The van der Waals surface area contributed by atoms with Gasteiger partial charge >= 0.3 is 0 Å². The first-order chi connectivity index (χ1) is 7.33. The molecule has 4 nitrogen and oxygen atoms in total. The third kappa shape index (κ3) is 4.39. The lowest BCUT2D eigenvalue weighted by molar-refractivity contribution is -0.0368. The van der Waals surface area contributed by atoms with Gasteiger partial charge in [-0.05, 0) is 26.7 Å². The number of ether oxygens (including phenoxy) is 1. The van der Waals surface area contributed by atoms with E-state index in [1.807, 2.05) is 13.8 Å². The average molecular weight is 251 g/mol. The first kappa shape index (κ1) is 15.9. The highest BCUT2D eigenvalue weighted by Crippen LogP contribution is 2.19. The summed E-state index contributed by atoms with van der Waals surface area (Å²) in [5.74, 6) is 0.0758. The van der Waals surface area contributed by atoms with E-state index in [0.29, 0.717) is 6.54 Å². The predicted octanol–water partition coefficient (Wildman–Crippen LogP) is 1.34. The Morgan fingerprint density at radius 2 is 1.75 bits per heavy atom. The zero-order valence-corrected chi connectivity index (χ0v) is 11.6. The van der Waals surface area contributed by atoms with Crippen molar-refractivity contribution in [3.8, 4) is 0 Å². The molecule has 0 radical (unpaired) electrons. The van der Waals surface area contributed by atoms with Gasteiger partial charge in [-0.3, -0.25) is 0 Å². The summed E-state index contributed by atoms with van der Waals surface area (Å²) < 4.78 is 28.8. The maximum Gasteiger partial charge on any atom is 0.154 e. The summed E-state index contributed by atoms with van der Waals surface area (Å²) in [6.45, 7) is 8.05. The number of rotatable bonds is 8. The molecule has 0 bridgehead atoms. The molecule has 0 heterocycles. The fraction of sp³-hybridized carbons (Fsp3) is 1.00. The number of nitrogens with two attached hydrogens (primary N) is 1. The summed E-state index contributed by atoms with van der Waals surface area (Å²) in [6, 6.07) is 0. The van der Waals surface area contributed by atoms with Crippen molar-refractivity contribution < 1.29 is 13.2 Å². The normalized spacial score (nSPS) is 13.4. The highest BCUT2D eigenvalue weighted by Gasteiger charge is 2.26. The Labute approximate surface area is 99.5 Å². The fourth-order valence-electron chi connectivity index (χ4n) is 1.41. The van der Waals surface area contributed by atoms with Crippen molar-refractivity contribution in [3.63, 3.8) is 0 Å². The van der Waals surface area contributed by atoms with Crippen LogP contribution in [0.4, 0.5) is 0 Å². The van der Waals surface area contributed by atoms with Crippen LogP contribution in [0.15, 0.2) is 0 Å². The third-order valence-electron chi connectivity index (χ3n) is 3.16. The van der Waals surface area contributed by atoms with Gasteiger partial charge in [-0.1, -0.05) is 13.8 Å². The van der Waals surface area contributed by atoms with Crippen LogP contribution in [0, 0.1) is 0 Å². The molecular weight excluding hydrogens is 226 g/mol. The molecule has 0 aromatic carbocycles. The molecule has 0 saturated carbocycles. The molecule has 98 valence electrons. The molecule has 0 aliphatic rings. The van der Waals surface area contributed by atoms with E-state index in [0.717, 1.165) is 12.8 Å². The maximum absolute atomic E-state index is 11.6. The van der Waals surface area contributed by atoms with Gasteiger partial charge in [0, 0.05) is 6.54 Å². The van der Waals surface area contributed by atoms with Crippen molar-refractivity contribution in [2.75, 3.05) is 18.9 Å². The van der Waals surface area contributed by atoms with E-state index in [1.54, 1.807) is 13.8 Å². The van der Waals surface area contributed by atoms with Crippen molar-refractivity contribution in [3.05, 3.63) is 0 Å². The zero-order valence-electron chi connectivity index (χ0n) is 10.8. The Morgan fingerprint density at radius 3 is 2.06 bits per heavy atom. The molecule has 2 N–H and O–H groups in total. The monoisotopic (exact) mass is 251 g/mol. The van der Waals surface area contributed by atoms with Gasteiger partial charge in [0.05, 0.1) is 23.2 Å². The van der Waals surface area contributed by atoms with E-state index in [2.05, 4.69) is 0 Å². The van der Waals surface area contributed by atoms with Crippen LogP contribution in [-0.4, -0.2) is 38.2 Å². The molecule has 5 heteroatoms. The average Bonchev–Trinajstić information content (AvgIpc) is 2.25. The van der Waals surface area contributed by atoms with Crippen LogP contribution in [0.5, 0.6) is 0 Å². The predicted molar refractivity (Wildman–Crippen MR) is 67.2 cm³/mol. The van der Waals surface area contributed by atoms with Crippen molar-refractivity contribution >= 4 is 9.84 Å². The van der Waals surface area contributed by atoms with E-state index in [4.69, 9.17) is 10.5 Å². The van der Waals surface area contributed by atoms with E-state index >= 15 is 0 Å². The topological polar surface area (TPSA) is 69.4 Å². The Morgan fingerprint density at radius 1 is 1.25 bits per heavy atom. The largest absolute Gasteiger partial charge is 0.373 e. The molecule has 0 saturated heterocycles. The maximum atomic E-state index is 11.6. The summed E-state index contributed by atoms with van der Waals surface area (Å²) >= 11 is 0. The highest BCUT2D eigenvalue weighted by atomic mass is 32.2. The summed E-state index contributed by atoms with van der Waals surface area (Å²) in [4.78, 5) is 0. The number of hydrogen-bond acceptors (Lipinski definition) is 4. The van der Waals surface area contributed by atoms with Gasteiger partial charge in [0.15, 0.2) is 9.84 Å². The molecule has 0 atom stereocenters. The van der Waals surface area contributed by atoms with Crippen LogP contribution < -0.4 is 5.73 Å². The van der Waals surface area contributed by atoms with Gasteiger partial charge in [-0.2, -0.15) is 0 Å². The summed E-state index contributed by atoms with van der Waals surface area (Å²) in [6.07, 6.45) is 1.61. The van der Waals surface area contributed by atoms with Crippen molar-refractivity contribution in [2.24, 2.45) is 5.73 Å². The minimum atomic E-state index is -3.01. The van der Waals surface area contributed by atoms with Crippen LogP contribution in [-0.2, 0) is 14.6 Å². The molecule has 0 aromatic heterocycles. The molecule has 0 aromatic rings. The number of hydrogen-bond donors (Lipinski definition) is 1. The van der Waals surface area contributed by atoms with Gasteiger partial charge in [0.1, 0.15) is 0 Å². The molecule has 0 spiro atoms. The second-order valence-corrected chi connectivity index (χ2v) is 7.04. The van der Waals surface area contributed by atoms with Gasteiger partial charge < -0.3 is 10.5 Å². The van der Waals surface area contributed by atoms with Gasteiger partial charge in [0.25, 0.3) is 0 Å². The molecule has 0 amide bonds. The molecule has 0 rings (SSSR count). The van der Waals surface area contributed by atoms with E-state index in [-0.39, 0.29) is 23.2 Å². The van der Waals surface area contributed by atoms with Crippen LogP contribution in [0.1, 0.15) is 40.5 Å². The Kier molecular flexibility index (Phi) is 6.51. The Bertz CT molecular complexity index is 273. The van der Waals surface area contributed by atoms with Crippen molar-refractivity contribution in [2.45, 2.75) is 51.4 Å². The van der Waals surface area contributed by atoms with E-state index < -0.39 is 9.84 Å². The zero-order chi connectivity index (χ0) is 12.8. The van der Waals surface area contributed by atoms with Gasteiger partial charge in [0.2, 0.25) is 0 Å². The molecule has 0 aliphatic heterocycles.